The molecule has 104 valence electrons. The molecule has 3 aromatic rings. The summed E-state index contributed by atoms with van der Waals surface area (Å²) in [5.41, 5.74) is 3.02. The first-order valence-electron chi connectivity index (χ1n) is 6.98. The quantitative estimate of drug-likeness (QED) is 0.703. The molecule has 0 unspecified atom stereocenters. The van der Waals surface area contributed by atoms with Crippen LogP contribution in [0.4, 0.5) is 4.39 Å². The summed E-state index contributed by atoms with van der Waals surface area (Å²) >= 11 is 0. The largest absolute Gasteiger partial charge is 0.343 e. The van der Waals surface area contributed by atoms with Crippen molar-refractivity contribution in [3.63, 3.8) is 0 Å². The van der Waals surface area contributed by atoms with Gasteiger partial charge in [0.25, 0.3) is 0 Å². The fraction of sp³-hybridized carbons (Fsp3) is 0.167. The van der Waals surface area contributed by atoms with Crippen LogP contribution in [-0.2, 0) is 13.0 Å². The molecule has 0 saturated heterocycles. The average Bonchev–Trinajstić information content (AvgIpc) is 2.92. The first-order chi connectivity index (χ1) is 10.2. The minimum Gasteiger partial charge on any atom is -0.343 e. The summed E-state index contributed by atoms with van der Waals surface area (Å²) in [6.07, 6.45) is 2.91. The minimum atomic E-state index is -0.421. The summed E-state index contributed by atoms with van der Waals surface area (Å²) in [7, 11) is 0. The van der Waals surface area contributed by atoms with Crippen molar-refractivity contribution >= 4 is 10.9 Å². The third-order valence-corrected chi connectivity index (χ3v) is 3.79. The molecule has 0 aliphatic rings. The van der Waals surface area contributed by atoms with Crippen LogP contribution in [0.15, 0.2) is 48.7 Å². The van der Waals surface area contributed by atoms with Crippen LogP contribution in [0, 0.1) is 17.1 Å². The molecule has 0 aliphatic carbocycles. The Balaban J connectivity index is 2.09. The predicted octanol–water partition coefficient (Wildman–Crippen LogP) is 4.26. The maximum atomic E-state index is 14.2. The summed E-state index contributed by atoms with van der Waals surface area (Å²) < 4.78 is 16.3. The van der Waals surface area contributed by atoms with E-state index < -0.39 is 5.82 Å². The molecule has 0 amide bonds. The monoisotopic (exact) mass is 278 g/mol. The Morgan fingerprint density at radius 3 is 2.62 bits per heavy atom. The van der Waals surface area contributed by atoms with E-state index in [1.165, 1.54) is 11.6 Å². The Labute approximate surface area is 123 Å². The number of hydrogen-bond donors (Lipinski definition) is 0. The zero-order valence-electron chi connectivity index (χ0n) is 11.8. The first-order valence-corrected chi connectivity index (χ1v) is 6.98. The van der Waals surface area contributed by atoms with E-state index in [9.17, 15) is 4.39 Å². The van der Waals surface area contributed by atoms with E-state index in [2.05, 4.69) is 19.1 Å². The summed E-state index contributed by atoms with van der Waals surface area (Å²) in [6.45, 7) is 2.55. The van der Waals surface area contributed by atoms with Gasteiger partial charge in [0.2, 0.25) is 0 Å². The summed E-state index contributed by atoms with van der Waals surface area (Å²) in [4.78, 5) is 0. The van der Waals surface area contributed by atoms with Gasteiger partial charge in [-0.2, -0.15) is 5.26 Å². The number of para-hydroxylation sites is 1. The van der Waals surface area contributed by atoms with Crippen LogP contribution in [0.25, 0.3) is 10.9 Å². The van der Waals surface area contributed by atoms with E-state index in [-0.39, 0.29) is 5.56 Å². The molecule has 0 aliphatic heterocycles. The zero-order valence-corrected chi connectivity index (χ0v) is 11.8. The van der Waals surface area contributed by atoms with Gasteiger partial charge < -0.3 is 4.57 Å². The summed E-state index contributed by atoms with van der Waals surface area (Å²) in [6, 6.07) is 15.1. The first kappa shape index (κ1) is 13.4. The van der Waals surface area contributed by atoms with Crippen molar-refractivity contribution in [2.45, 2.75) is 19.9 Å². The van der Waals surface area contributed by atoms with Gasteiger partial charge in [-0.25, -0.2) is 4.39 Å². The fourth-order valence-corrected chi connectivity index (χ4v) is 2.73. The minimum absolute atomic E-state index is 0.0969. The molecule has 0 saturated carbocycles. The van der Waals surface area contributed by atoms with Gasteiger partial charge in [-0.15, -0.1) is 0 Å². The SMILES string of the molecule is CCc1cccc2ccn(Cc3cccc(C#N)c3F)c12. The van der Waals surface area contributed by atoms with Crippen LogP contribution in [-0.4, -0.2) is 4.57 Å². The lowest BCUT2D eigenvalue weighted by Gasteiger charge is -2.10. The number of aromatic nitrogens is 1. The Bertz CT molecular complexity index is 840. The molecule has 0 atom stereocenters. The van der Waals surface area contributed by atoms with Gasteiger partial charge in [0.15, 0.2) is 0 Å². The van der Waals surface area contributed by atoms with Gasteiger partial charge in [-0.3, -0.25) is 0 Å². The maximum Gasteiger partial charge on any atom is 0.145 e. The number of nitriles is 1. The maximum absolute atomic E-state index is 14.2. The Morgan fingerprint density at radius 2 is 1.86 bits per heavy atom. The highest BCUT2D eigenvalue weighted by atomic mass is 19.1. The van der Waals surface area contributed by atoms with Gasteiger partial charge in [0.05, 0.1) is 17.6 Å². The highest BCUT2D eigenvalue weighted by molar-refractivity contribution is 5.83. The van der Waals surface area contributed by atoms with Gasteiger partial charge in [-0.05, 0) is 29.5 Å². The van der Waals surface area contributed by atoms with Crippen molar-refractivity contribution in [3.05, 3.63) is 71.2 Å². The second-order valence-electron chi connectivity index (χ2n) is 5.04. The van der Waals surface area contributed by atoms with Crippen LogP contribution in [0.5, 0.6) is 0 Å². The molecule has 1 aromatic heterocycles. The lowest BCUT2D eigenvalue weighted by molar-refractivity contribution is 0.598. The fourth-order valence-electron chi connectivity index (χ4n) is 2.73. The van der Waals surface area contributed by atoms with Crippen LogP contribution < -0.4 is 0 Å². The van der Waals surface area contributed by atoms with Gasteiger partial charge in [0.1, 0.15) is 11.9 Å². The number of hydrogen-bond acceptors (Lipinski definition) is 1. The molecule has 0 N–H and O–H groups in total. The molecule has 2 nitrogen and oxygen atoms in total. The highest BCUT2D eigenvalue weighted by Crippen LogP contribution is 2.23. The molecule has 0 spiro atoms. The van der Waals surface area contributed by atoms with Crippen molar-refractivity contribution in [2.75, 3.05) is 0 Å². The van der Waals surface area contributed by atoms with E-state index in [1.54, 1.807) is 12.1 Å². The highest BCUT2D eigenvalue weighted by Gasteiger charge is 2.10. The molecule has 21 heavy (non-hydrogen) atoms. The number of benzene rings is 2. The van der Waals surface area contributed by atoms with Crippen molar-refractivity contribution in [2.24, 2.45) is 0 Å². The Hall–Kier alpha value is -2.60. The van der Waals surface area contributed by atoms with Crippen LogP contribution in [0.3, 0.4) is 0 Å². The predicted molar refractivity (Wildman–Crippen MR) is 81.5 cm³/mol. The number of rotatable bonds is 3. The number of fused-ring (bicyclic) bond motifs is 1. The number of aryl methyl sites for hydroxylation is 1. The van der Waals surface area contributed by atoms with Crippen molar-refractivity contribution in [1.29, 1.82) is 5.26 Å². The molecule has 3 rings (SSSR count). The molecule has 0 fully saturated rings. The molecule has 2 aromatic carbocycles. The van der Waals surface area contributed by atoms with Gasteiger partial charge in [-0.1, -0.05) is 37.3 Å². The molecule has 0 bridgehead atoms. The average molecular weight is 278 g/mol. The summed E-state index contributed by atoms with van der Waals surface area (Å²) in [5, 5.41) is 10.1. The van der Waals surface area contributed by atoms with Crippen LogP contribution in [0.1, 0.15) is 23.6 Å². The van der Waals surface area contributed by atoms with Crippen molar-refractivity contribution in [3.8, 4) is 6.07 Å². The zero-order chi connectivity index (χ0) is 14.8. The molecular formula is C18H15FN2. The Kier molecular flexibility index (Phi) is 3.45. The van der Waals surface area contributed by atoms with E-state index >= 15 is 0 Å². The number of nitrogens with zero attached hydrogens (tertiary/aromatic N) is 2. The topological polar surface area (TPSA) is 28.7 Å². The lowest BCUT2D eigenvalue weighted by Crippen LogP contribution is -2.03. The smallest absolute Gasteiger partial charge is 0.145 e. The third kappa shape index (κ3) is 2.30. The van der Waals surface area contributed by atoms with E-state index in [4.69, 9.17) is 5.26 Å². The van der Waals surface area contributed by atoms with E-state index in [1.807, 2.05) is 29.0 Å². The molecule has 0 radical (unpaired) electrons. The van der Waals surface area contributed by atoms with E-state index in [0.717, 1.165) is 17.3 Å². The van der Waals surface area contributed by atoms with Crippen LogP contribution in [0.2, 0.25) is 0 Å². The molecular weight excluding hydrogens is 263 g/mol. The molecule has 3 heteroatoms. The summed E-state index contributed by atoms with van der Waals surface area (Å²) in [5.74, 6) is -0.421. The Morgan fingerprint density at radius 1 is 1.10 bits per heavy atom. The van der Waals surface area contributed by atoms with Crippen molar-refractivity contribution < 1.29 is 4.39 Å². The van der Waals surface area contributed by atoms with E-state index in [0.29, 0.717) is 12.1 Å². The lowest BCUT2D eigenvalue weighted by atomic mass is 10.1. The standard InChI is InChI=1S/C18H15FN2/c1-2-13-5-3-6-14-9-10-21(18(13)14)12-16-8-4-7-15(11-20)17(16)19/h3-10H,2,12H2,1H3. The normalized spacial score (nSPS) is 10.7. The second-order valence-corrected chi connectivity index (χ2v) is 5.04. The van der Waals surface area contributed by atoms with Gasteiger partial charge >= 0.3 is 0 Å². The number of halogens is 1. The van der Waals surface area contributed by atoms with Crippen molar-refractivity contribution in [1.82, 2.24) is 4.57 Å². The molecule has 1 heterocycles. The third-order valence-electron chi connectivity index (χ3n) is 3.79. The van der Waals surface area contributed by atoms with Crippen LogP contribution >= 0.6 is 0 Å². The van der Waals surface area contributed by atoms with Gasteiger partial charge in [0, 0.05) is 11.8 Å². The second kappa shape index (κ2) is 5.41.